The van der Waals surface area contributed by atoms with Crippen LogP contribution in [0, 0.1) is 0 Å². The topological polar surface area (TPSA) is 71.6 Å². The maximum Gasteiger partial charge on any atom is 0.229 e. The number of aromatic nitrogens is 2. The van der Waals surface area contributed by atoms with Gasteiger partial charge >= 0.3 is 0 Å². The lowest BCUT2D eigenvalue weighted by atomic mass is 10.2. The molecule has 6 nitrogen and oxygen atoms in total. The molecule has 20 heavy (non-hydrogen) atoms. The smallest absolute Gasteiger partial charge is 0.229 e. The van der Waals surface area contributed by atoms with Gasteiger partial charge in [-0.25, -0.2) is 0 Å². The van der Waals surface area contributed by atoms with Crippen LogP contribution in [0.25, 0.3) is 0 Å². The van der Waals surface area contributed by atoms with Gasteiger partial charge in [0.05, 0.1) is 18.8 Å². The van der Waals surface area contributed by atoms with Gasteiger partial charge < -0.3 is 14.4 Å². The molecule has 1 fully saturated rings. The fourth-order valence-electron chi connectivity index (χ4n) is 2.53. The van der Waals surface area contributed by atoms with Crippen LogP contribution >= 0.6 is 0 Å². The monoisotopic (exact) mass is 283 g/mol. The molecule has 1 saturated heterocycles. The number of likely N-dealkylation sites (tertiary alicyclic amines) is 1. The molecule has 6 heteroatoms. The summed E-state index contributed by atoms with van der Waals surface area (Å²) in [6.07, 6.45) is 1.64. The Morgan fingerprint density at radius 3 is 2.95 bits per heavy atom. The summed E-state index contributed by atoms with van der Waals surface area (Å²) in [4.78, 5) is 6.70. The van der Waals surface area contributed by atoms with Gasteiger partial charge in [-0.1, -0.05) is 19.0 Å². The number of nitrogens with zero attached hydrogens (tertiary/aromatic N) is 3. The van der Waals surface area contributed by atoms with Crippen molar-refractivity contribution < 1.29 is 14.4 Å². The molecule has 0 aromatic carbocycles. The van der Waals surface area contributed by atoms with Crippen LogP contribution in [0.3, 0.4) is 0 Å². The van der Waals surface area contributed by atoms with E-state index >= 15 is 0 Å². The van der Waals surface area contributed by atoms with Crippen LogP contribution in [0.2, 0.25) is 0 Å². The van der Waals surface area contributed by atoms with Crippen molar-refractivity contribution in [3.8, 4) is 0 Å². The molecular formula is C14H25N3O3. The molecule has 114 valence electrons. The second-order valence-electron chi connectivity index (χ2n) is 5.61. The molecule has 1 N–H and O–H groups in total. The molecule has 2 rings (SSSR count). The van der Waals surface area contributed by atoms with Crippen molar-refractivity contribution in [2.75, 3.05) is 26.3 Å². The predicted octanol–water partition coefficient (Wildman–Crippen LogP) is 1.73. The van der Waals surface area contributed by atoms with Crippen molar-refractivity contribution in [2.24, 2.45) is 0 Å². The SMILES string of the molecule is CCOC[C@H](O)CN1CCC[C@@H]1c1noc(C(C)C)n1. The fraction of sp³-hybridized carbons (Fsp3) is 0.857. The number of ether oxygens (including phenoxy) is 1. The Kier molecular flexibility index (Phi) is 5.51. The van der Waals surface area contributed by atoms with Crippen molar-refractivity contribution in [1.29, 1.82) is 0 Å². The van der Waals surface area contributed by atoms with Gasteiger partial charge in [0.15, 0.2) is 5.82 Å². The Hall–Kier alpha value is -0.980. The minimum absolute atomic E-state index is 0.155. The van der Waals surface area contributed by atoms with E-state index in [1.165, 1.54) is 0 Å². The van der Waals surface area contributed by atoms with E-state index in [0.29, 0.717) is 25.6 Å². The molecule has 0 radical (unpaired) electrons. The quantitative estimate of drug-likeness (QED) is 0.821. The molecule has 2 atom stereocenters. The van der Waals surface area contributed by atoms with Crippen molar-refractivity contribution in [2.45, 2.75) is 51.7 Å². The Morgan fingerprint density at radius 2 is 2.30 bits per heavy atom. The highest BCUT2D eigenvalue weighted by molar-refractivity contribution is 5.00. The largest absolute Gasteiger partial charge is 0.389 e. The highest BCUT2D eigenvalue weighted by Crippen LogP contribution is 2.30. The van der Waals surface area contributed by atoms with Crippen LogP contribution < -0.4 is 0 Å². The third kappa shape index (κ3) is 3.77. The summed E-state index contributed by atoms with van der Waals surface area (Å²) in [5, 5.41) is 14.1. The zero-order valence-corrected chi connectivity index (χ0v) is 12.6. The van der Waals surface area contributed by atoms with Crippen molar-refractivity contribution >= 4 is 0 Å². The maximum absolute atomic E-state index is 9.97. The van der Waals surface area contributed by atoms with Gasteiger partial charge in [-0.3, -0.25) is 4.90 Å². The fourth-order valence-corrected chi connectivity index (χ4v) is 2.53. The minimum atomic E-state index is -0.466. The van der Waals surface area contributed by atoms with Gasteiger partial charge in [-0.2, -0.15) is 4.98 Å². The molecule has 0 aliphatic carbocycles. The van der Waals surface area contributed by atoms with Gasteiger partial charge in [-0.05, 0) is 26.3 Å². The summed E-state index contributed by atoms with van der Waals surface area (Å²) >= 11 is 0. The third-order valence-corrected chi connectivity index (χ3v) is 3.57. The first kappa shape index (κ1) is 15.4. The number of hydrogen-bond acceptors (Lipinski definition) is 6. The number of aliphatic hydroxyl groups excluding tert-OH is 1. The molecule has 1 aromatic rings. The first-order valence-electron chi connectivity index (χ1n) is 7.45. The van der Waals surface area contributed by atoms with Crippen LogP contribution in [-0.4, -0.2) is 52.6 Å². The standard InChI is InChI=1S/C14H25N3O3/c1-4-19-9-11(18)8-17-7-5-6-12(17)13-15-14(10(2)3)20-16-13/h10-12,18H,4-9H2,1-3H3/t11-,12-/m1/s1. The summed E-state index contributed by atoms with van der Waals surface area (Å²) in [6.45, 7) is 8.56. The zero-order valence-electron chi connectivity index (χ0n) is 12.6. The van der Waals surface area contributed by atoms with E-state index in [1.54, 1.807) is 0 Å². The molecule has 0 saturated carbocycles. The molecule has 0 amide bonds. The summed E-state index contributed by atoms with van der Waals surface area (Å²) in [5.74, 6) is 1.67. The van der Waals surface area contributed by atoms with Gasteiger partial charge in [0.1, 0.15) is 0 Å². The average molecular weight is 283 g/mol. The number of β-amino-alcohol motifs (C(OH)–C–C–N with tert-alkyl or cyclic N) is 1. The lowest BCUT2D eigenvalue weighted by Gasteiger charge is -2.24. The number of aliphatic hydroxyl groups is 1. The lowest BCUT2D eigenvalue weighted by Crippen LogP contribution is -2.35. The molecule has 1 aliphatic rings. The van der Waals surface area contributed by atoms with Crippen molar-refractivity contribution in [3.63, 3.8) is 0 Å². The maximum atomic E-state index is 9.97. The van der Waals surface area contributed by atoms with Gasteiger partial charge in [0.25, 0.3) is 0 Å². The van der Waals surface area contributed by atoms with Crippen molar-refractivity contribution in [1.82, 2.24) is 15.0 Å². The highest BCUT2D eigenvalue weighted by atomic mass is 16.5. The lowest BCUT2D eigenvalue weighted by molar-refractivity contribution is 0.0179. The summed E-state index contributed by atoms with van der Waals surface area (Å²) < 4.78 is 10.5. The molecule has 0 unspecified atom stereocenters. The molecule has 0 spiro atoms. The average Bonchev–Trinajstić information content (AvgIpc) is 3.04. The summed E-state index contributed by atoms with van der Waals surface area (Å²) in [5.41, 5.74) is 0. The zero-order chi connectivity index (χ0) is 14.5. The van der Waals surface area contributed by atoms with Crippen LogP contribution in [-0.2, 0) is 4.74 Å². The Balaban J connectivity index is 1.95. The predicted molar refractivity (Wildman–Crippen MR) is 74.4 cm³/mol. The second kappa shape index (κ2) is 7.15. The van der Waals surface area contributed by atoms with Gasteiger partial charge in [0, 0.05) is 19.1 Å². The van der Waals surface area contributed by atoms with Gasteiger partial charge in [0.2, 0.25) is 5.89 Å². The summed E-state index contributed by atoms with van der Waals surface area (Å²) in [6, 6.07) is 0.155. The molecule has 2 heterocycles. The minimum Gasteiger partial charge on any atom is -0.389 e. The van der Waals surface area contributed by atoms with E-state index in [1.807, 2.05) is 20.8 Å². The first-order valence-corrected chi connectivity index (χ1v) is 7.45. The molecule has 1 aliphatic heterocycles. The van der Waals surface area contributed by atoms with Crippen LogP contribution in [0.4, 0.5) is 0 Å². The number of rotatable bonds is 7. The van der Waals surface area contributed by atoms with Crippen LogP contribution in [0.1, 0.15) is 57.3 Å². The van der Waals surface area contributed by atoms with E-state index < -0.39 is 6.10 Å². The van der Waals surface area contributed by atoms with E-state index in [-0.39, 0.29) is 12.0 Å². The normalized spacial score (nSPS) is 21.8. The van der Waals surface area contributed by atoms with Crippen LogP contribution in [0.15, 0.2) is 4.52 Å². The third-order valence-electron chi connectivity index (χ3n) is 3.57. The van der Waals surface area contributed by atoms with E-state index in [0.717, 1.165) is 25.2 Å². The van der Waals surface area contributed by atoms with E-state index in [4.69, 9.17) is 9.26 Å². The second-order valence-corrected chi connectivity index (χ2v) is 5.61. The Labute approximate surface area is 120 Å². The Morgan fingerprint density at radius 1 is 1.50 bits per heavy atom. The molecule has 0 bridgehead atoms. The number of hydrogen-bond donors (Lipinski definition) is 1. The van der Waals surface area contributed by atoms with E-state index in [9.17, 15) is 5.11 Å². The molecule has 1 aromatic heterocycles. The van der Waals surface area contributed by atoms with Crippen LogP contribution in [0.5, 0.6) is 0 Å². The van der Waals surface area contributed by atoms with Crippen molar-refractivity contribution in [3.05, 3.63) is 11.7 Å². The van der Waals surface area contributed by atoms with E-state index in [2.05, 4.69) is 15.0 Å². The molecular weight excluding hydrogens is 258 g/mol. The van der Waals surface area contributed by atoms with Gasteiger partial charge in [-0.15, -0.1) is 0 Å². The first-order chi connectivity index (χ1) is 9.61. The summed E-state index contributed by atoms with van der Waals surface area (Å²) in [7, 11) is 0. The Bertz CT molecular complexity index is 408. The highest BCUT2D eigenvalue weighted by Gasteiger charge is 2.31.